The fourth-order valence-electron chi connectivity index (χ4n) is 1.80. The molecule has 1 aliphatic rings. The lowest BCUT2D eigenvalue weighted by Gasteiger charge is -2.21. The number of aromatic nitrogens is 4. The zero-order chi connectivity index (χ0) is 12.9. The lowest BCUT2D eigenvalue weighted by atomic mass is 10.3. The molecular weight excluding hydrogens is 264 g/mol. The summed E-state index contributed by atoms with van der Waals surface area (Å²) in [6.45, 7) is 1.14. The Morgan fingerprint density at radius 3 is 3.00 bits per heavy atom. The van der Waals surface area contributed by atoms with Gasteiger partial charge in [0.25, 0.3) is 0 Å². The van der Waals surface area contributed by atoms with E-state index in [1.165, 1.54) is 0 Å². The Labute approximate surface area is 115 Å². The van der Waals surface area contributed by atoms with Gasteiger partial charge in [-0.3, -0.25) is 0 Å². The van der Waals surface area contributed by atoms with Gasteiger partial charge in [-0.05, 0) is 29.0 Å². The van der Waals surface area contributed by atoms with Crippen LogP contribution in [0.3, 0.4) is 0 Å². The van der Waals surface area contributed by atoms with Crippen molar-refractivity contribution in [2.24, 2.45) is 0 Å². The minimum absolute atomic E-state index is 0.208. The van der Waals surface area contributed by atoms with Crippen LogP contribution in [0.5, 0.6) is 0 Å². The lowest BCUT2D eigenvalue weighted by Crippen LogP contribution is -2.25. The Morgan fingerprint density at radius 1 is 1.32 bits per heavy atom. The van der Waals surface area contributed by atoms with Crippen LogP contribution in [0.1, 0.15) is 6.42 Å². The Kier molecular flexibility index (Phi) is 4.07. The summed E-state index contributed by atoms with van der Waals surface area (Å²) < 4.78 is 12.4. The molecule has 0 radical (unpaired) electrons. The molecule has 7 heteroatoms. The third-order valence-electron chi connectivity index (χ3n) is 2.81. The average molecular weight is 278 g/mol. The normalized spacial score (nSPS) is 19.5. The van der Waals surface area contributed by atoms with Crippen LogP contribution in [0.4, 0.5) is 0 Å². The second-order valence-electron chi connectivity index (χ2n) is 4.12. The Balaban J connectivity index is 1.67. The summed E-state index contributed by atoms with van der Waals surface area (Å²) in [6, 6.07) is 9.85. The quantitative estimate of drug-likeness (QED) is 0.790. The molecule has 100 valence electrons. The van der Waals surface area contributed by atoms with E-state index in [2.05, 4.69) is 15.5 Å². The van der Waals surface area contributed by atoms with E-state index in [9.17, 15) is 0 Å². The number of para-hydroxylation sites is 1. The van der Waals surface area contributed by atoms with Crippen LogP contribution in [0.2, 0.25) is 0 Å². The van der Waals surface area contributed by atoms with Crippen LogP contribution in [-0.2, 0) is 9.47 Å². The summed E-state index contributed by atoms with van der Waals surface area (Å²) in [5.74, 6) is 0.830. The second-order valence-corrected chi connectivity index (χ2v) is 5.11. The van der Waals surface area contributed by atoms with Gasteiger partial charge in [0, 0.05) is 5.75 Å². The number of nitrogens with zero attached hydrogens (tertiary/aromatic N) is 4. The molecule has 1 aliphatic heterocycles. The summed E-state index contributed by atoms with van der Waals surface area (Å²) in [7, 11) is 0. The summed E-state index contributed by atoms with van der Waals surface area (Å²) in [4.78, 5) is 0. The third-order valence-corrected chi connectivity index (χ3v) is 3.86. The molecule has 1 saturated heterocycles. The topological polar surface area (TPSA) is 62.1 Å². The van der Waals surface area contributed by atoms with E-state index in [0.29, 0.717) is 6.79 Å². The zero-order valence-electron chi connectivity index (χ0n) is 10.3. The van der Waals surface area contributed by atoms with Gasteiger partial charge in [0.15, 0.2) is 0 Å². The molecule has 1 aromatic heterocycles. The van der Waals surface area contributed by atoms with Gasteiger partial charge in [0.2, 0.25) is 5.16 Å². The van der Waals surface area contributed by atoms with Crippen molar-refractivity contribution >= 4 is 11.8 Å². The van der Waals surface area contributed by atoms with Gasteiger partial charge in [-0.1, -0.05) is 30.0 Å². The highest BCUT2D eigenvalue weighted by molar-refractivity contribution is 7.99. The zero-order valence-corrected chi connectivity index (χ0v) is 11.1. The van der Waals surface area contributed by atoms with E-state index >= 15 is 0 Å². The number of rotatable bonds is 4. The van der Waals surface area contributed by atoms with Crippen LogP contribution in [0, 0.1) is 0 Å². The summed E-state index contributed by atoms with van der Waals surface area (Å²) in [5, 5.41) is 12.6. The smallest absolute Gasteiger partial charge is 0.214 e. The van der Waals surface area contributed by atoms with Crippen LogP contribution in [-0.4, -0.2) is 45.5 Å². The van der Waals surface area contributed by atoms with Gasteiger partial charge in [-0.15, -0.1) is 5.10 Å². The Bertz CT molecular complexity index is 513. The van der Waals surface area contributed by atoms with Gasteiger partial charge < -0.3 is 9.47 Å². The van der Waals surface area contributed by atoms with E-state index in [4.69, 9.17) is 9.47 Å². The van der Waals surface area contributed by atoms with Crippen molar-refractivity contribution in [2.75, 3.05) is 19.2 Å². The van der Waals surface area contributed by atoms with Gasteiger partial charge in [-0.25, -0.2) is 0 Å². The second kappa shape index (κ2) is 6.14. The van der Waals surface area contributed by atoms with E-state index in [-0.39, 0.29) is 6.10 Å². The van der Waals surface area contributed by atoms with Crippen molar-refractivity contribution in [2.45, 2.75) is 17.7 Å². The molecule has 2 aromatic rings. The van der Waals surface area contributed by atoms with E-state index in [0.717, 1.165) is 29.6 Å². The lowest BCUT2D eigenvalue weighted by molar-refractivity contribution is -0.130. The van der Waals surface area contributed by atoms with Crippen LogP contribution >= 0.6 is 11.8 Å². The first-order chi connectivity index (χ1) is 9.43. The molecule has 6 nitrogen and oxygen atoms in total. The number of hydrogen-bond donors (Lipinski definition) is 0. The first-order valence-corrected chi connectivity index (χ1v) is 7.08. The molecule has 1 aromatic carbocycles. The summed E-state index contributed by atoms with van der Waals surface area (Å²) >= 11 is 1.60. The number of tetrazole rings is 1. The Hall–Kier alpha value is -1.44. The third kappa shape index (κ3) is 3.12. The fraction of sp³-hybridized carbons (Fsp3) is 0.417. The maximum Gasteiger partial charge on any atom is 0.214 e. The number of ether oxygens (including phenoxy) is 2. The van der Waals surface area contributed by atoms with Crippen molar-refractivity contribution < 1.29 is 9.47 Å². The molecule has 1 atom stereocenters. The molecule has 1 fully saturated rings. The summed E-state index contributed by atoms with van der Waals surface area (Å²) in [5.41, 5.74) is 0.961. The maximum absolute atomic E-state index is 5.50. The highest BCUT2D eigenvalue weighted by Crippen LogP contribution is 2.21. The van der Waals surface area contributed by atoms with Gasteiger partial charge in [-0.2, -0.15) is 4.68 Å². The molecule has 0 amide bonds. The van der Waals surface area contributed by atoms with Crippen molar-refractivity contribution in [3.05, 3.63) is 30.3 Å². The molecule has 2 heterocycles. The van der Waals surface area contributed by atoms with E-state index < -0.39 is 0 Å². The van der Waals surface area contributed by atoms with Crippen molar-refractivity contribution in [3.63, 3.8) is 0 Å². The number of benzene rings is 1. The first-order valence-electron chi connectivity index (χ1n) is 6.09. The molecule has 0 N–H and O–H groups in total. The predicted octanol–water partition coefficient (Wildman–Crippen LogP) is 1.52. The summed E-state index contributed by atoms with van der Waals surface area (Å²) in [6.07, 6.45) is 1.12. The molecule has 0 aliphatic carbocycles. The Morgan fingerprint density at radius 2 is 2.21 bits per heavy atom. The van der Waals surface area contributed by atoms with Crippen LogP contribution < -0.4 is 0 Å². The van der Waals surface area contributed by atoms with Crippen LogP contribution in [0.15, 0.2) is 35.5 Å². The van der Waals surface area contributed by atoms with Crippen LogP contribution in [0.25, 0.3) is 5.69 Å². The molecule has 19 heavy (non-hydrogen) atoms. The molecule has 0 bridgehead atoms. The molecular formula is C12H14N4O2S. The monoisotopic (exact) mass is 278 g/mol. The fourth-order valence-corrected chi connectivity index (χ4v) is 2.76. The highest BCUT2D eigenvalue weighted by Gasteiger charge is 2.17. The molecule has 0 unspecified atom stereocenters. The van der Waals surface area contributed by atoms with Gasteiger partial charge >= 0.3 is 0 Å². The van der Waals surface area contributed by atoms with E-state index in [1.807, 2.05) is 30.3 Å². The predicted molar refractivity (Wildman–Crippen MR) is 70.2 cm³/mol. The van der Waals surface area contributed by atoms with Crippen molar-refractivity contribution in [1.82, 2.24) is 20.2 Å². The van der Waals surface area contributed by atoms with Gasteiger partial charge in [0.1, 0.15) is 6.79 Å². The number of hydrogen-bond acceptors (Lipinski definition) is 6. The first kappa shape index (κ1) is 12.6. The van der Waals surface area contributed by atoms with Crippen molar-refractivity contribution in [3.8, 4) is 5.69 Å². The highest BCUT2D eigenvalue weighted by atomic mass is 32.2. The SMILES string of the molecule is c1ccc(-n2nnnc2SC[C@@H]2CCOCO2)cc1. The minimum Gasteiger partial charge on any atom is -0.355 e. The van der Waals surface area contributed by atoms with E-state index in [1.54, 1.807) is 16.4 Å². The van der Waals surface area contributed by atoms with Gasteiger partial charge in [0.05, 0.1) is 18.4 Å². The number of thioether (sulfide) groups is 1. The average Bonchev–Trinajstić information content (AvgIpc) is 2.95. The van der Waals surface area contributed by atoms with Crippen molar-refractivity contribution in [1.29, 1.82) is 0 Å². The minimum atomic E-state index is 0.208. The molecule has 0 spiro atoms. The molecule has 3 rings (SSSR count). The largest absolute Gasteiger partial charge is 0.355 e. The molecule has 0 saturated carbocycles. The maximum atomic E-state index is 5.50. The standard InChI is InChI=1S/C12H14N4O2S/c1-2-4-10(5-3-1)16-12(13-14-15-16)19-8-11-6-7-17-9-18-11/h1-5,11H,6-9H2/t11-/m0/s1.